The van der Waals surface area contributed by atoms with Crippen LogP contribution < -0.4 is 10.6 Å². The zero-order valence-corrected chi connectivity index (χ0v) is 10.8. The Labute approximate surface area is 118 Å². The first-order valence-corrected chi connectivity index (χ1v) is 5.78. The molecule has 0 fully saturated rings. The molecule has 1 aromatic heterocycles. The normalized spacial score (nSPS) is 10.0. The van der Waals surface area contributed by atoms with Crippen LogP contribution in [0.2, 0.25) is 0 Å². The van der Waals surface area contributed by atoms with Crippen molar-refractivity contribution in [3.63, 3.8) is 0 Å². The quantitative estimate of drug-likeness (QED) is 0.656. The summed E-state index contributed by atoms with van der Waals surface area (Å²) in [5, 5.41) is 22.9. The number of hydrogen-bond acceptors (Lipinski definition) is 6. The number of carbonyl (C=O) groups excluding carboxylic acids is 1. The monoisotopic (exact) mass is 291 g/mol. The predicted molar refractivity (Wildman–Crippen MR) is 72.6 cm³/mol. The van der Waals surface area contributed by atoms with E-state index in [4.69, 9.17) is 0 Å². The van der Waals surface area contributed by atoms with Crippen LogP contribution in [0.5, 0.6) is 0 Å². The number of rotatable bonds is 4. The molecule has 0 atom stereocenters. The average molecular weight is 291 g/mol. The zero-order valence-electron chi connectivity index (χ0n) is 10.8. The molecule has 0 saturated heterocycles. The molecule has 2 rings (SSSR count). The summed E-state index contributed by atoms with van der Waals surface area (Å²) in [6, 6.07) is 5.88. The lowest BCUT2D eigenvalue weighted by Gasteiger charge is -2.05. The van der Waals surface area contributed by atoms with E-state index in [2.05, 4.69) is 20.8 Å². The minimum atomic E-state index is -0.905. The van der Waals surface area contributed by atoms with Crippen molar-refractivity contribution in [3.05, 3.63) is 52.0 Å². The Morgan fingerprint density at radius 1 is 1.29 bits per heavy atom. The summed E-state index contributed by atoms with van der Waals surface area (Å²) >= 11 is 0. The van der Waals surface area contributed by atoms with Crippen LogP contribution in [0.15, 0.2) is 30.3 Å². The summed E-state index contributed by atoms with van der Waals surface area (Å²) in [5.74, 6) is -1.09. The number of hydrogen-bond donors (Lipinski definition) is 2. The molecule has 0 bridgehead atoms. The molecule has 2 N–H and O–H groups in total. The number of amides is 1. The van der Waals surface area contributed by atoms with Crippen LogP contribution in [0.3, 0.4) is 0 Å². The van der Waals surface area contributed by atoms with Gasteiger partial charge < -0.3 is 10.6 Å². The van der Waals surface area contributed by atoms with Gasteiger partial charge in [0.15, 0.2) is 11.5 Å². The first-order chi connectivity index (χ1) is 10.0. The molecule has 1 amide bonds. The lowest BCUT2D eigenvalue weighted by Crippen LogP contribution is -2.15. The smallest absolute Gasteiger partial charge is 0.276 e. The highest BCUT2D eigenvalue weighted by Crippen LogP contribution is 2.20. The minimum absolute atomic E-state index is 0.00764. The van der Waals surface area contributed by atoms with Gasteiger partial charge in [-0.15, -0.1) is 10.2 Å². The Morgan fingerprint density at radius 2 is 2.05 bits per heavy atom. The van der Waals surface area contributed by atoms with Crippen molar-refractivity contribution in [2.45, 2.75) is 0 Å². The summed E-state index contributed by atoms with van der Waals surface area (Å²) in [7, 11) is 1.65. The summed E-state index contributed by atoms with van der Waals surface area (Å²) in [4.78, 5) is 21.6. The van der Waals surface area contributed by atoms with Crippen LogP contribution in [-0.2, 0) is 0 Å². The number of nitro benzene ring substituents is 1. The Morgan fingerprint density at radius 3 is 2.57 bits per heavy atom. The molecule has 0 aliphatic heterocycles. The van der Waals surface area contributed by atoms with Gasteiger partial charge in [0.2, 0.25) is 0 Å². The molecule has 1 heterocycles. The molecule has 21 heavy (non-hydrogen) atoms. The van der Waals surface area contributed by atoms with Crippen molar-refractivity contribution in [2.75, 3.05) is 17.7 Å². The summed E-state index contributed by atoms with van der Waals surface area (Å²) in [6.07, 6.45) is 0. The molecular weight excluding hydrogens is 281 g/mol. The molecule has 0 unspecified atom stereocenters. The van der Waals surface area contributed by atoms with E-state index in [0.29, 0.717) is 5.82 Å². The molecule has 1 aromatic carbocycles. The molecule has 9 heteroatoms. The van der Waals surface area contributed by atoms with Crippen LogP contribution in [0.1, 0.15) is 10.5 Å². The molecule has 0 aliphatic rings. The van der Waals surface area contributed by atoms with Gasteiger partial charge in [-0.05, 0) is 18.2 Å². The topological polar surface area (TPSA) is 110 Å². The fraction of sp³-hybridized carbons (Fsp3) is 0.0833. The van der Waals surface area contributed by atoms with Gasteiger partial charge in [-0.1, -0.05) is 0 Å². The van der Waals surface area contributed by atoms with Crippen molar-refractivity contribution >= 4 is 23.1 Å². The number of nitro groups is 1. The second kappa shape index (κ2) is 5.90. The van der Waals surface area contributed by atoms with Crippen LogP contribution in [-0.4, -0.2) is 28.1 Å². The molecule has 0 aliphatic carbocycles. The largest absolute Gasteiger partial charge is 0.372 e. The molecule has 0 saturated carbocycles. The van der Waals surface area contributed by atoms with Gasteiger partial charge in [0.1, 0.15) is 5.82 Å². The van der Waals surface area contributed by atoms with Crippen molar-refractivity contribution in [1.82, 2.24) is 10.2 Å². The highest BCUT2D eigenvalue weighted by molar-refractivity contribution is 6.02. The number of aromatic nitrogens is 2. The fourth-order valence-corrected chi connectivity index (χ4v) is 1.49. The standard InChI is InChI=1S/C12H10FN5O3/c1-14-11-5-4-10(16-17-11)12(19)15-9-3-2-7(18(20)21)6-8(9)13/h2-6H,1H3,(H,14,17)(H,15,19). The van der Waals surface area contributed by atoms with E-state index in [1.165, 1.54) is 12.1 Å². The van der Waals surface area contributed by atoms with Crippen molar-refractivity contribution < 1.29 is 14.1 Å². The average Bonchev–Trinajstić information content (AvgIpc) is 2.49. The van der Waals surface area contributed by atoms with Gasteiger partial charge in [-0.2, -0.15) is 0 Å². The Bertz CT molecular complexity index is 690. The molecule has 108 valence electrons. The van der Waals surface area contributed by atoms with E-state index in [0.717, 1.165) is 18.2 Å². The van der Waals surface area contributed by atoms with Crippen LogP contribution >= 0.6 is 0 Å². The first-order valence-electron chi connectivity index (χ1n) is 5.78. The summed E-state index contributed by atoms with van der Waals surface area (Å²) < 4.78 is 13.6. The molecular formula is C12H10FN5O3. The number of halogens is 1. The second-order valence-electron chi connectivity index (χ2n) is 3.93. The van der Waals surface area contributed by atoms with E-state index in [-0.39, 0.29) is 11.4 Å². The third kappa shape index (κ3) is 3.26. The van der Waals surface area contributed by atoms with E-state index < -0.39 is 22.3 Å². The highest BCUT2D eigenvalue weighted by Gasteiger charge is 2.14. The number of nitrogens with one attached hydrogen (secondary N) is 2. The van der Waals surface area contributed by atoms with Gasteiger partial charge in [0.25, 0.3) is 11.6 Å². The molecule has 8 nitrogen and oxygen atoms in total. The maximum atomic E-state index is 13.6. The summed E-state index contributed by atoms with van der Waals surface area (Å²) in [5.41, 5.74) is -0.583. The summed E-state index contributed by atoms with van der Waals surface area (Å²) in [6.45, 7) is 0. The highest BCUT2D eigenvalue weighted by atomic mass is 19.1. The maximum Gasteiger partial charge on any atom is 0.276 e. The Balaban J connectivity index is 2.17. The number of non-ortho nitro benzene ring substituents is 1. The predicted octanol–water partition coefficient (Wildman–Crippen LogP) is 1.82. The minimum Gasteiger partial charge on any atom is -0.372 e. The fourth-order valence-electron chi connectivity index (χ4n) is 1.49. The van der Waals surface area contributed by atoms with Crippen LogP contribution in [0.4, 0.5) is 21.6 Å². The number of carbonyl (C=O) groups is 1. The van der Waals surface area contributed by atoms with Crippen LogP contribution in [0.25, 0.3) is 0 Å². The zero-order chi connectivity index (χ0) is 15.4. The molecule has 2 aromatic rings. The van der Waals surface area contributed by atoms with E-state index in [1.54, 1.807) is 7.05 Å². The van der Waals surface area contributed by atoms with Gasteiger partial charge >= 0.3 is 0 Å². The number of benzene rings is 1. The SMILES string of the molecule is CNc1ccc(C(=O)Nc2ccc([N+](=O)[O-])cc2F)nn1. The lowest BCUT2D eigenvalue weighted by atomic mass is 10.2. The van der Waals surface area contributed by atoms with Crippen molar-refractivity contribution in [3.8, 4) is 0 Å². The third-order valence-electron chi connectivity index (χ3n) is 2.57. The molecule has 0 spiro atoms. The van der Waals surface area contributed by atoms with Crippen molar-refractivity contribution in [1.29, 1.82) is 0 Å². The Hall–Kier alpha value is -3.10. The van der Waals surface area contributed by atoms with E-state index in [9.17, 15) is 19.3 Å². The van der Waals surface area contributed by atoms with Gasteiger partial charge in [0.05, 0.1) is 16.7 Å². The van der Waals surface area contributed by atoms with Crippen molar-refractivity contribution in [2.24, 2.45) is 0 Å². The molecule has 0 radical (unpaired) electrons. The van der Waals surface area contributed by atoms with E-state index >= 15 is 0 Å². The third-order valence-corrected chi connectivity index (χ3v) is 2.57. The van der Waals surface area contributed by atoms with Gasteiger partial charge in [-0.3, -0.25) is 14.9 Å². The van der Waals surface area contributed by atoms with Crippen LogP contribution in [0, 0.1) is 15.9 Å². The first kappa shape index (κ1) is 14.3. The van der Waals surface area contributed by atoms with Gasteiger partial charge in [0, 0.05) is 13.1 Å². The van der Waals surface area contributed by atoms with Gasteiger partial charge in [-0.25, -0.2) is 4.39 Å². The maximum absolute atomic E-state index is 13.6. The lowest BCUT2D eigenvalue weighted by molar-refractivity contribution is -0.385. The Kier molecular flexibility index (Phi) is 4.02. The second-order valence-corrected chi connectivity index (χ2v) is 3.93. The number of nitrogens with zero attached hydrogens (tertiary/aromatic N) is 3. The van der Waals surface area contributed by atoms with E-state index in [1.807, 2.05) is 0 Å². The number of anilines is 2.